The average Bonchev–Trinajstić information content (AvgIpc) is 3.17. The van der Waals surface area contributed by atoms with Gasteiger partial charge < -0.3 is 19.3 Å². The number of fused-ring (bicyclic) bond motifs is 2. The number of benzene rings is 3. The molecule has 1 aliphatic rings. The van der Waals surface area contributed by atoms with Crippen molar-refractivity contribution in [2.75, 3.05) is 13.7 Å². The Morgan fingerprint density at radius 3 is 2.52 bits per heavy atom. The summed E-state index contributed by atoms with van der Waals surface area (Å²) in [6, 6.07) is 11.9. The molecule has 2 atom stereocenters. The lowest BCUT2D eigenvalue weighted by Crippen LogP contribution is -2.32. The molecule has 0 saturated carbocycles. The molecule has 1 N–H and O–H groups in total. The number of esters is 1. The van der Waals surface area contributed by atoms with Gasteiger partial charge in [0.15, 0.2) is 0 Å². The quantitative estimate of drug-likeness (QED) is 0.475. The molecule has 0 radical (unpaired) electrons. The molecule has 1 aliphatic heterocycles. The largest absolute Gasteiger partial charge is 0.507 e. The summed E-state index contributed by atoms with van der Waals surface area (Å²) in [4.78, 5) is 12.8. The maximum absolute atomic E-state index is 12.8. The Morgan fingerprint density at radius 2 is 1.79 bits per heavy atom. The Hall–Kier alpha value is -3.21. The Balaban J connectivity index is 1.39. The van der Waals surface area contributed by atoms with Gasteiger partial charge in [-0.2, -0.15) is 0 Å². The third kappa shape index (κ3) is 4.24. The number of rotatable bonds is 6. The Labute approximate surface area is 195 Å². The minimum atomic E-state index is -0.469. The fourth-order valence-electron chi connectivity index (χ4n) is 4.58. The van der Waals surface area contributed by atoms with Crippen LogP contribution in [-0.4, -0.2) is 30.4 Å². The van der Waals surface area contributed by atoms with Crippen molar-refractivity contribution in [3.8, 4) is 17.2 Å². The minimum Gasteiger partial charge on any atom is -0.507 e. The summed E-state index contributed by atoms with van der Waals surface area (Å²) in [7, 11) is 1.65. The van der Waals surface area contributed by atoms with Gasteiger partial charge in [0.2, 0.25) is 0 Å². The van der Waals surface area contributed by atoms with Crippen molar-refractivity contribution >= 4 is 16.7 Å². The van der Waals surface area contributed by atoms with Gasteiger partial charge in [-0.1, -0.05) is 24.3 Å². The SMILES string of the molecule is COc1ccc2cc(C(C)C(=O)OCCC3(C)Cc4c(C)c(O)c(C)c(C)c4O3)ccc2c1. The van der Waals surface area contributed by atoms with E-state index in [1.54, 1.807) is 7.11 Å². The second kappa shape index (κ2) is 8.62. The van der Waals surface area contributed by atoms with Gasteiger partial charge in [0.05, 0.1) is 19.6 Å². The van der Waals surface area contributed by atoms with Crippen LogP contribution in [0.1, 0.15) is 54.0 Å². The van der Waals surface area contributed by atoms with Crippen molar-refractivity contribution in [3.05, 3.63) is 64.2 Å². The molecule has 3 aromatic rings. The average molecular weight is 449 g/mol. The number of phenolic OH excluding ortho intramolecular Hbond substituents is 1. The van der Waals surface area contributed by atoms with Crippen LogP contribution in [0.2, 0.25) is 0 Å². The molecule has 0 fully saturated rings. The van der Waals surface area contributed by atoms with E-state index in [2.05, 4.69) is 0 Å². The fourth-order valence-corrected chi connectivity index (χ4v) is 4.58. The highest BCUT2D eigenvalue weighted by molar-refractivity contribution is 5.86. The standard InChI is InChI=1S/C28H32O5/c1-16-17(2)26-24(19(4)25(16)29)15-28(5,33-26)11-12-32-27(30)18(3)20-7-8-22-14-23(31-6)10-9-21(22)13-20/h7-10,13-14,18,29H,11-12,15H2,1-6H3. The molecule has 0 spiro atoms. The molecule has 0 amide bonds. The first-order valence-electron chi connectivity index (χ1n) is 11.4. The topological polar surface area (TPSA) is 65.0 Å². The molecular formula is C28H32O5. The van der Waals surface area contributed by atoms with Gasteiger partial charge >= 0.3 is 5.97 Å². The highest BCUT2D eigenvalue weighted by atomic mass is 16.5. The fraction of sp³-hybridized carbons (Fsp3) is 0.393. The number of hydrogen-bond acceptors (Lipinski definition) is 5. The van der Waals surface area contributed by atoms with E-state index < -0.39 is 5.60 Å². The molecule has 0 bridgehead atoms. The predicted molar refractivity (Wildman–Crippen MR) is 130 cm³/mol. The van der Waals surface area contributed by atoms with Crippen molar-refractivity contribution < 1.29 is 24.1 Å². The number of hydrogen-bond donors (Lipinski definition) is 1. The first-order chi connectivity index (χ1) is 15.6. The van der Waals surface area contributed by atoms with Crippen molar-refractivity contribution in [2.24, 2.45) is 0 Å². The molecule has 0 aliphatic carbocycles. The number of carbonyl (C=O) groups is 1. The van der Waals surface area contributed by atoms with Crippen molar-refractivity contribution in [1.82, 2.24) is 0 Å². The molecule has 0 aromatic heterocycles. The van der Waals surface area contributed by atoms with Gasteiger partial charge in [0.25, 0.3) is 0 Å². The lowest BCUT2D eigenvalue weighted by molar-refractivity contribution is -0.146. The molecule has 5 nitrogen and oxygen atoms in total. The minimum absolute atomic E-state index is 0.247. The third-order valence-electron chi connectivity index (χ3n) is 7.04. The number of carbonyl (C=O) groups excluding carboxylic acids is 1. The van der Waals surface area contributed by atoms with Gasteiger partial charge in [0.1, 0.15) is 22.8 Å². The van der Waals surface area contributed by atoms with E-state index in [4.69, 9.17) is 14.2 Å². The van der Waals surface area contributed by atoms with Crippen LogP contribution in [0.25, 0.3) is 10.8 Å². The first kappa shape index (κ1) is 23.0. The summed E-state index contributed by atoms with van der Waals surface area (Å²) in [5.74, 6) is 1.40. The first-order valence-corrected chi connectivity index (χ1v) is 11.4. The van der Waals surface area contributed by atoms with Gasteiger partial charge in [0, 0.05) is 18.4 Å². The normalized spacial score (nSPS) is 18.0. The van der Waals surface area contributed by atoms with Crippen molar-refractivity contribution in [1.29, 1.82) is 0 Å². The van der Waals surface area contributed by atoms with E-state index in [1.165, 1.54) is 0 Å². The Kier molecular flexibility index (Phi) is 6.00. The highest BCUT2D eigenvalue weighted by Crippen LogP contribution is 2.45. The number of ether oxygens (including phenoxy) is 3. The van der Waals surface area contributed by atoms with E-state index in [0.29, 0.717) is 18.6 Å². The summed E-state index contributed by atoms with van der Waals surface area (Å²) in [5.41, 5.74) is 4.19. The summed E-state index contributed by atoms with van der Waals surface area (Å²) >= 11 is 0. The van der Waals surface area contributed by atoms with E-state index in [1.807, 2.05) is 71.0 Å². The second-order valence-electron chi connectivity index (χ2n) is 9.37. The lowest BCUT2D eigenvalue weighted by atomic mass is 9.91. The van der Waals surface area contributed by atoms with Crippen LogP contribution in [0.5, 0.6) is 17.2 Å². The molecule has 5 heteroatoms. The molecule has 3 aromatic carbocycles. The summed E-state index contributed by atoms with van der Waals surface area (Å²) < 4.78 is 17.3. The Morgan fingerprint density at radius 1 is 1.09 bits per heavy atom. The molecule has 0 saturated heterocycles. The van der Waals surface area contributed by atoms with Crippen LogP contribution < -0.4 is 9.47 Å². The summed E-state index contributed by atoms with van der Waals surface area (Å²) in [6.45, 7) is 9.99. The van der Waals surface area contributed by atoms with Crippen molar-refractivity contribution in [2.45, 2.75) is 59.0 Å². The van der Waals surface area contributed by atoms with Crippen LogP contribution in [-0.2, 0) is 16.0 Å². The molecule has 33 heavy (non-hydrogen) atoms. The summed E-state index contributed by atoms with van der Waals surface area (Å²) in [6.07, 6.45) is 1.26. The van der Waals surface area contributed by atoms with Crippen LogP contribution >= 0.6 is 0 Å². The molecule has 2 unspecified atom stereocenters. The zero-order valence-electron chi connectivity index (χ0n) is 20.2. The number of phenols is 1. The maximum atomic E-state index is 12.8. The third-order valence-corrected chi connectivity index (χ3v) is 7.04. The monoisotopic (exact) mass is 448 g/mol. The highest BCUT2D eigenvalue weighted by Gasteiger charge is 2.38. The second-order valence-corrected chi connectivity index (χ2v) is 9.37. The predicted octanol–water partition coefficient (Wildman–Crippen LogP) is 5.91. The zero-order chi connectivity index (χ0) is 23.9. The number of methoxy groups -OCH3 is 1. The Bertz CT molecular complexity index is 1190. The van der Waals surface area contributed by atoms with Crippen LogP contribution in [0.3, 0.4) is 0 Å². The van der Waals surface area contributed by atoms with E-state index in [0.717, 1.165) is 50.1 Å². The van der Waals surface area contributed by atoms with Crippen molar-refractivity contribution in [3.63, 3.8) is 0 Å². The van der Waals surface area contributed by atoms with E-state index >= 15 is 0 Å². The molecular weight excluding hydrogens is 416 g/mol. The maximum Gasteiger partial charge on any atom is 0.313 e. The lowest BCUT2D eigenvalue weighted by Gasteiger charge is -2.24. The van der Waals surface area contributed by atoms with Crippen LogP contribution in [0.4, 0.5) is 0 Å². The van der Waals surface area contributed by atoms with Gasteiger partial charge in [-0.05, 0) is 79.8 Å². The van der Waals surface area contributed by atoms with E-state index in [-0.39, 0.29) is 18.5 Å². The molecule has 174 valence electrons. The zero-order valence-corrected chi connectivity index (χ0v) is 20.2. The summed E-state index contributed by atoms with van der Waals surface area (Å²) in [5, 5.41) is 12.5. The molecule has 4 rings (SSSR count). The van der Waals surface area contributed by atoms with Crippen LogP contribution in [0, 0.1) is 20.8 Å². The molecule has 1 heterocycles. The smallest absolute Gasteiger partial charge is 0.313 e. The van der Waals surface area contributed by atoms with Gasteiger partial charge in [-0.15, -0.1) is 0 Å². The number of aromatic hydroxyl groups is 1. The van der Waals surface area contributed by atoms with E-state index in [9.17, 15) is 9.90 Å². The van der Waals surface area contributed by atoms with Gasteiger partial charge in [-0.25, -0.2) is 0 Å². The van der Waals surface area contributed by atoms with Gasteiger partial charge in [-0.3, -0.25) is 4.79 Å². The van der Waals surface area contributed by atoms with Crippen LogP contribution in [0.15, 0.2) is 36.4 Å².